The standard InChI is InChI=1S/C20H26N4O2/c1-14-8-10-15(11-9-14)13-21-20(26)17-12-18(24(2)23-17)22-19(25)16-6-4-3-5-7-16/h8-12,16H,3-7,13H2,1-2H3,(H,21,26)(H,22,25). The number of carbonyl (C=O) groups is 2. The smallest absolute Gasteiger partial charge is 0.272 e. The van der Waals surface area contributed by atoms with E-state index < -0.39 is 0 Å². The molecule has 0 atom stereocenters. The van der Waals surface area contributed by atoms with Gasteiger partial charge in [0.15, 0.2) is 5.69 Å². The van der Waals surface area contributed by atoms with Gasteiger partial charge in [0.2, 0.25) is 5.91 Å². The molecule has 0 radical (unpaired) electrons. The van der Waals surface area contributed by atoms with Crippen LogP contribution < -0.4 is 10.6 Å². The lowest BCUT2D eigenvalue weighted by Gasteiger charge is -2.20. The van der Waals surface area contributed by atoms with Crippen LogP contribution >= 0.6 is 0 Å². The van der Waals surface area contributed by atoms with Crippen molar-refractivity contribution in [3.63, 3.8) is 0 Å². The summed E-state index contributed by atoms with van der Waals surface area (Å²) in [5.74, 6) is 0.400. The molecule has 0 bridgehead atoms. The fourth-order valence-electron chi connectivity index (χ4n) is 3.27. The second kappa shape index (κ2) is 8.17. The summed E-state index contributed by atoms with van der Waals surface area (Å²) in [6.07, 6.45) is 5.30. The minimum Gasteiger partial charge on any atom is -0.347 e. The monoisotopic (exact) mass is 354 g/mol. The van der Waals surface area contributed by atoms with Crippen molar-refractivity contribution in [2.75, 3.05) is 5.32 Å². The van der Waals surface area contributed by atoms with Gasteiger partial charge in [-0.3, -0.25) is 14.3 Å². The van der Waals surface area contributed by atoms with Gasteiger partial charge in [-0.1, -0.05) is 49.1 Å². The third-order valence-corrected chi connectivity index (χ3v) is 4.91. The number of aromatic nitrogens is 2. The van der Waals surface area contributed by atoms with Crippen molar-refractivity contribution in [1.82, 2.24) is 15.1 Å². The molecule has 1 aliphatic rings. The van der Waals surface area contributed by atoms with Crippen LogP contribution in [0.5, 0.6) is 0 Å². The summed E-state index contributed by atoms with van der Waals surface area (Å²) in [5, 5.41) is 10.0. The molecule has 1 aromatic carbocycles. The van der Waals surface area contributed by atoms with Gasteiger partial charge in [0.05, 0.1) is 0 Å². The second-order valence-electron chi connectivity index (χ2n) is 7.03. The molecule has 0 spiro atoms. The van der Waals surface area contributed by atoms with Crippen LogP contribution in [0.1, 0.15) is 53.7 Å². The first kappa shape index (κ1) is 18.2. The number of benzene rings is 1. The molecule has 6 nitrogen and oxygen atoms in total. The topological polar surface area (TPSA) is 76.0 Å². The Morgan fingerprint density at radius 1 is 1.15 bits per heavy atom. The zero-order valence-electron chi connectivity index (χ0n) is 15.4. The highest BCUT2D eigenvalue weighted by Crippen LogP contribution is 2.25. The molecule has 2 N–H and O–H groups in total. The minimum absolute atomic E-state index is 0.0271. The molecule has 3 rings (SSSR count). The summed E-state index contributed by atoms with van der Waals surface area (Å²) in [7, 11) is 1.73. The molecule has 2 amide bonds. The van der Waals surface area contributed by atoms with Gasteiger partial charge < -0.3 is 10.6 Å². The average molecular weight is 354 g/mol. The van der Waals surface area contributed by atoms with E-state index in [0.29, 0.717) is 18.1 Å². The molecule has 2 aromatic rings. The number of hydrogen-bond acceptors (Lipinski definition) is 3. The number of hydrogen-bond donors (Lipinski definition) is 2. The van der Waals surface area contributed by atoms with Crippen LogP contribution in [0.4, 0.5) is 5.82 Å². The fourth-order valence-corrected chi connectivity index (χ4v) is 3.27. The molecular weight excluding hydrogens is 328 g/mol. The van der Waals surface area contributed by atoms with Crippen molar-refractivity contribution >= 4 is 17.6 Å². The van der Waals surface area contributed by atoms with Gasteiger partial charge in [0, 0.05) is 25.6 Å². The SMILES string of the molecule is Cc1ccc(CNC(=O)c2cc(NC(=O)C3CCCCC3)n(C)n2)cc1. The summed E-state index contributed by atoms with van der Waals surface area (Å²) in [6, 6.07) is 9.64. The van der Waals surface area contributed by atoms with Gasteiger partial charge in [0.1, 0.15) is 5.82 Å². The zero-order valence-corrected chi connectivity index (χ0v) is 15.4. The minimum atomic E-state index is -0.251. The number of anilines is 1. The highest BCUT2D eigenvalue weighted by atomic mass is 16.2. The summed E-state index contributed by atoms with van der Waals surface area (Å²) >= 11 is 0. The van der Waals surface area contributed by atoms with Crippen LogP contribution in [0.3, 0.4) is 0 Å². The van der Waals surface area contributed by atoms with Gasteiger partial charge >= 0.3 is 0 Å². The molecule has 6 heteroatoms. The van der Waals surface area contributed by atoms with E-state index in [-0.39, 0.29) is 17.7 Å². The second-order valence-corrected chi connectivity index (χ2v) is 7.03. The molecule has 1 aliphatic carbocycles. The highest BCUT2D eigenvalue weighted by Gasteiger charge is 2.22. The maximum atomic E-state index is 12.4. The van der Waals surface area contributed by atoms with Gasteiger partial charge in [-0.25, -0.2) is 0 Å². The summed E-state index contributed by atoms with van der Waals surface area (Å²) in [5.41, 5.74) is 2.52. The van der Waals surface area contributed by atoms with E-state index >= 15 is 0 Å². The first-order valence-corrected chi connectivity index (χ1v) is 9.21. The number of carbonyl (C=O) groups excluding carboxylic acids is 2. The molecule has 0 unspecified atom stereocenters. The lowest BCUT2D eigenvalue weighted by Crippen LogP contribution is -2.25. The third kappa shape index (κ3) is 4.50. The van der Waals surface area contributed by atoms with Crippen molar-refractivity contribution in [2.45, 2.75) is 45.6 Å². The van der Waals surface area contributed by atoms with Crippen molar-refractivity contribution in [2.24, 2.45) is 13.0 Å². The first-order valence-electron chi connectivity index (χ1n) is 9.21. The predicted octanol–water partition coefficient (Wildman–Crippen LogP) is 3.18. The zero-order chi connectivity index (χ0) is 18.5. The Hall–Kier alpha value is -2.63. The van der Waals surface area contributed by atoms with Gasteiger partial charge in [-0.15, -0.1) is 0 Å². The van der Waals surface area contributed by atoms with E-state index in [4.69, 9.17) is 0 Å². The van der Waals surface area contributed by atoms with Gasteiger partial charge in [-0.2, -0.15) is 5.10 Å². The van der Waals surface area contributed by atoms with E-state index in [1.807, 2.05) is 31.2 Å². The number of rotatable bonds is 5. The summed E-state index contributed by atoms with van der Waals surface area (Å²) in [4.78, 5) is 24.7. The number of nitrogens with zero attached hydrogens (tertiary/aromatic N) is 2. The van der Waals surface area contributed by atoms with Crippen LogP contribution in [-0.2, 0) is 18.4 Å². The number of aryl methyl sites for hydroxylation is 2. The molecule has 0 saturated heterocycles. The Labute approximate surface area is 154 Å². The van der Waals surface area contributed by atoms with Crippen LogP contribution in [0.15, 0.2) is 30.3 Å². The normalized spacial score (nSPS) is 14.8. The Kier molecular flexibility index (Phi) is 5.71. The fraction of sp³-hybridized carbons (Fsp3) is 0.450. The van der Waals surface area contributed by atoms with Crippen LogP contribution in [0.2, 0.25) is 0 Å². The van der Waals surface area contributed by atoms with Crippen LogP contribution in [-0.4, -0.2) is 21.6 Å². The Bertz CT molecular complexity index is 774. The van der Waals surface area contributed by atoms with Crippen molar-refractivity contribution in [3.05, 3.63) is 47.2 Å². The Morgan fingerprint density at radius 2 is 1.85 bits per heavy atom. The molecular formula is C20H26N4O2. The third-order valence-electron chi connectivity index (χ3n) is 4.91. The quantitative estimate of drug-likeness (QED) is 0.866. The number of amides is 2. The lowest BCUT2D eigenvalue weighted by molar-refractivity contribution is -0.120. The molecule has 0 aliphatic heterocycles. The van der Waals surface area contributed by atoms with E-state index in [9.17, 15) is 9.59 Å². The van der Waals surface area contributed by atoms with Crippen LogP contribution in [0, 0.1) is 12.8 Å². The lowest BCUT2D eigenvalue weighted by atomic mass is 9.89. The predicted molar refractivity (Wildman–Crippen MR) is 101 cm³/mol. The molecule has 26 heavy (non-hydrogen) atoms. The number of nitrogens with one attached hydrogen (secondary N) is 2. The Balaban J connectivity index is 1.58. The van der Waals surface area contributed by atoms with Gasteiger partial charge in [0.25, 0.3) is 5.91 Å². The first-order chi connectivity index (χ1) is 12.5. The maximum Gasteiger partial charge on any atom is 0.272 e. The Morgan fingerprint density at radius 3 is 2.54 bits per heavy atom. The summed E-state index contributed by atoms with van der Waals surface area (Å²) < 4.78 is 1.54. The summed E-state index contributed by atoms with van der Waals surface area (Å²) in [6.45, 7) is 2.47. The van der Waals surface area contributed by atoms with E-state index in [1.165, 1.54) is 12.0 Å². The van der Waals surface area contributed by atoms with E-state index in [1.54, 1.807) is 17.8 Å². The van der Waals surface area contributed by atoms with E-state index in [2.05, 4.69) is 15.7 Å². The van der Waals surface area contributed by atoms with Crippen LogP contribution in [0.25, 0.3) is 0 Å². The van der Waals surface area contributed by atoms with E-state index in [0.717, 1.165) is 31.2 Å². The molecule has 1 heterocycles. The van der Waals surface area contributed by atoms with Crippen molar-refractivity contribution < 1.29 is 9.59 Å². The molecule has 1 saturated carbocycles. The maximum absolute atomic E-state index is 12.4. The molecule has 138 valence electrons. The van der Waals surface area contributed by atoms with Gasteiger partial charge in [-0.05, 0) is 25.3 Å². The average Bonchev–Trinajstić information content (AvgIpc) is 3.02. The van der Waals surface area contributed by atoms with Crippen molar-refractivity contribution in [1.29, 1.82) is 0 Å². The molecule has 1 aromatic heterocycles. The largest absolute Gasteiger partial charge is 0.347 e. The van der Waals surface area contributed by atoms with Crippen molar-refractivity contribution in [3.8, 4) is 0 Å². The highest BCUT2D eigenvalue weighted by molar-refractivity contribution is 5.96. The molecule has 1 fully saturated rings.